The number of ketones is 1. The Labute approximate surface area is 90.9 Å². The molecule has 0 heterocycles. The standard InChI is InChI=1S/C10H9BrN2O/c11-8-2-1-3-9(6-8)13-7-10(14)4-5-12/h1-3,6,13H,4,7H2. The second-order valence-corrected chi connectivity index (χ2v) is 3.65. The average Bonchev–Trinajstić information content (AvgIpc) is 2.15. The molecule has 4 heteroatoms. The Hall–Kier alpha value is -1.34. The Morgan fingerprint density at radius 2 is 2.36 bits per heavy atom. The molecule has 0 unspecified atom stereocenters. The molecular weight excluding hydrogens is 244 g/mol. The van der Waals surface area contributed by atoms with Crippen LogP contribution in [0.15, 0.2) is 28.7 Å². The summed E-state index contributed by atoms with van der Waals surface area (Å²) in [5.74, 6) is -0.104. The van der Waals surface area contributed by atoms with E-state index in [1.54, 1.807) is 0 Å². The van der Waals surface area contributed by atoms with Gasteiger partial charge in [0.05, 0.1) is 19.0 Å². The molecule has 3 nitrogen and oxygen atoms in total. The molecule has 0 aliphatic rings. The van der Waals surface area contributed by atoms with E-state index in [2.05, 4.69) is 21.2 Å². The van der Waals surface area contributed by atoms with Crippen molar-refractivity contribution in [3.63, 3.8) is 0 Å². The van der Waals surface area contributed by atoms with Crippen molar-refractivity contribution in [2.45, 2.75) is 6.42 Å². The number of Topliss-reactive ketones (excluding diaryl/α,β-unsaturated/α-hetero) is 1. The number of rotatable bonds is 4. The van der Waals surface area contributed by atoms with Crippen molar-refractivity contribution in [1.82, 2.24) is 0 Å². The van der Waals surface area contributed by atoms with Crippen LogP contribution in [0.1, 0.15) is 6.42 Å². The number of nitrogens with zero attached hydrogens (tertiary/aromatic N) is 1. The van der Waals surface area contributed by atoms with E-state index in [1.807, 2.05) is 30.3 Å². The first-order valence-corrected chi connectivity index (χ1v) is 4.90. The number of anilines is 1. The van der Waals surface area contributed by atoms with Gasteiger partial charge in [0.2, 0.25) is 0 Å². The fraction of sp³-hybridized carbons (Fsp3) is 0.200. The Morgan fingerprint density at radius 3 is 3.00 bits per heavy atom. The molecule has 0 atom stereocenters. The molecule has 1 N–H and O–H groups in total. The van der Waals surface area contributed by atoms with E-state index in [4.69, 9.17) is 5.26 Å². The fourth-order valence-corrected chi connectivity index (χ4v) is 1.35. The van der Waals surface area contributed by atoms with Crippen molar-refractivity contribution in [2.24, 2.45) is 0 Å². The van der Waals surface area contributed by atoms with E-state index >= 15 is 0 Å². The molecule has 0 spiro atoms. The van der Waals surface area contributed by atoms with Crippen molar-refractivity contribution < 1.29 is 4.79 Å². The monoisotopic (exact) mass is 252 g/mol. The van der Waals surface area contributed by atoms with Gasteiger partial charge in [-0.3, -0.25) is 4.79 Å². The van der Waals surface area contributed by atoms with E-state index in [9.17, 15) is 4.79 Å². The van der Waals surface area contributed by atoms with Gasteiger partial charge >= 0.3 is 0 Å². The van der Waals surface area contributed by atoms with Crippen molar-refractivity contribution >= 4 is 27.4 Å². The average molecular weight is 253 g/mol. The number of hydrogen-bond donors (Lipinski definition) is 1. The highest BCUT2D eigenvalue weighted by molar-refractivity contribution is 9.10. The number of carbonyl (C=O) groups excluding carboxylic acids is 1. The predicted molar refractivity (Wildman–Crippen MR) is 57.9 cm³/mol. The Kier molecular flexibility index (Phi) is 4.14. The van der Waals surface area contributed by atoms with Crippen molar-refractivity contribution in [3.8, 4) is 6.07 Å². The molecule has 0 bridgehead atoms. The van der Waals surface area contributed by atoms with Crippen LogP contribution in [0.25, 0.3) is 0 Å². The molecule has 0 aliphatic carbocycles. The van der Waals surface area contributed by atoms with E-state index < -0.39 is 0 Å². The first kappa shape index (κ1) is 10.7. The molecule has 1 aromatic carbocycles. The smallest absolute Gasteiger partial charge is 0.165 e. The van der Waals surface area contributed by atoms with Crippen LogP contribution >= 0.6 is 15.9 Å². The second-order valence-electron chi connectivity index (χ2n) is 2.74. The first-order chi connectivity index (χ1) is 6.72. The van der Waals surface area contributed by atoms with E-state index in [0.29, 0.717) is 0 Å². The molecule has 14 heavy (non-hydrogen) atoms. The lowest BCUT2D eigenvalue weighted by Crippen LogP contribution is -2.12. The van der Waals surface area contributed by atoms with E-state index in [-0.39, 0.29) is 18.7 Å². The quantitative estimate of drug-likeness (QED) is 0.895. The van der Waals surface area contributed by atoms with Crippen LogP contribution in [-0.4, -0.2) is 12.3 Å². The molecular formula is C10H9BrN2O. The van der Waals surface area contributed by atoms with Gasteiger partial charge in [-0.05, 0) is 18.2 Å². The molecule has 0 amide bonds. The van der Waals surface area contributed by atoms with Crippen LogP contribution in [-0.2, 0) is 4.79 Å². The SMILES string of the molecule is N#CCC(=O)CNc1cccc(Br)c1. The number of nitrogens with one attached hydrogen (secondary N) is 1. The van der Waals surface area contributed by atoms with Crippen LogP contribution in [0.2, 0.25) is 0 Å². The summed E-state index contributed by atoms with van der Waals surface area (Å²) in [6.45, 7) is 0.198. The van der Waals surface area contributed by atoms with Gasteiger partial charge in [-0.25, -0.2) is 0 Å². The maximum Gasteiger partial charge on any atom is 0.165 e. The maximum atomic E-state index is 11.0. The number of nitriles is 1. The number of hydrogen-bond acceptors (Lipinski definition) is 3. The van der Waals surface area contributed by atoms with Crippen LogP contribution in [0.4, 0.5) is 5.69 Å². The minimum atomic E-state index is -0.104. The van der Waals surface area contributed by atoms with Crippen LogP contribution in [0.5, 0.6) is 0 Å². The van der Waals surface area contributed by atoms with Crippen molar-refractivity contribution in [1.29, 1.82) is 5.26 Å². The summed E-state index contributed by atoms with van der Waals surface area (Å²) in [5, 5.41) is 11.2. The molecule has 0 aliphatic heterocycles. The highest BCUT2D eigenvalue weighted by Gasteiger charge is 2.00. The number of benzene rings is 1. The zero-order valence-electron chi connectivity index (χ0n) is 7.46. The predicted octanol–water partition coefficient (Wildman–Crippen LogP) is 2.34. The largest absolute Gasteiger partial charge is 0.378 e. The highest BCUT2D eigenvalue weighted by atomic mass is 79.9. The molecule has 0 fully saturated rings. The van der Waals surface area contributed by atoms with Gasteiger partial charge in [-0.15, -0.1) is 0 Å². The fourth-order valence-electron chi connectivity index (χ4n) is 0.950. The van der Waals surface area contributed by atoms with E-state index in [0.717, 1.165) is 10.2 Å². The van der Waals surface area contributed by atoms with Crippen LogP contribution < -0.4 is 5.32 Å². The molecule has 72 valence electrons. The number of carbonyl (C=O) groups is 1. The van der Waals surface area contributed by atoms with Crippen molar-refractivity contribution in [2.75, 3.05) is 11.9 Å². The summed E-state index contributed by atoms with van der Waals surface area (Å²) >= 11 is 3.32. The molecule has 0 saturated heterocycles. The summed E-state index contributed by atoms with van der Waals surface area (Å²) in [6.07, 6.45) is -0.0407. The van der Waals surface area contributed by atoms with Gasteiger partial charge in [-0.1, -0.05) is 22.0 Å². The third-order valence-electron chi connectivity index (χ3n) is 1.59. The van der Waals surface area contributed by atoms with Gasteiger partial charge in [0.25, 0.3) is 0 Å². The zero-order valence-corrected chi connectivity index (χ0v) is 9.04. The lowest BCUT2D eigenvalue weighted by Gasteiger charge is -2.03. The molecule has 1 rings (SSSR count). The van der Waals surface area contributed by atoms with Gasteiger partial charge < -0.3 is 5.32 Å². The summed E-state index contributed by atoms with van der Waals surface area (Å²) in [7, 11) is 0. The summed E-state index contributed by atoms with van der Waals surface area (Å²) < 4.78 is 0.954. The lowest BCUT2D eigenvalue weighted by molar-refractivity contribution is -0.116. The van der Waals surface area contributed by atoms with E-state index in [1.165, 1.54) is 0 Å². The minimum absolute atomic E-state index is 0.0407. The second kappa shape index (κ2) is 5.40. The third-order valence-corrected chi connectivity index (χ3v) is 2.08. The third kappa shape index (κ3) is 3.58. The van der Waals surface area contributed by atoms with Gasteiger partial charge in [-0.2, -0.15) is 5.26 Å². The van der Waals surface area contributed by atoms with Crippen LogP contribution in [0.3, 0.4) is 0 Å². The minimum Gasteiger partial charge on any atom is -0.378 e. The Morgan fingerprint density at radius 1 is 1.57 bits per heavy atom. The topological polar surface area (TPSA) is 52.9 Å². The molecule has 0 radical (unpaired) electrons. The van der Waals surface area contributed by atoms with Gasteiger partial charge in [0.1, 0.15) is 0 Å². The first-order valence-electron chi connectivity index (χ1n) is 4.10. The zero-order chi connectivity index (χ0) is 10.4. The van der Waals surface area contributed by atoms with Crippen LogP contribution in [0, 0.1) is 11.3 Å². The lowest BCUT2D eigenvalue weighted by atomic mass is 10.3. The molecule has 0 saturated carbocycles. The highest BCUT2D eigenvalue weighted by Crippen LogP contribution is 2.15. The number of halogens is 1. The summed E-state index contributed by atoms with van der Waals surface area (Å²) in [4.78, 5) is 11.0. The summed E-state index contributed by atoms with van der Waals surface area (Å²) in [5.41, 5.74) is 0.866. The molecule has 0 aromatic heterocycles. The van der Waals surface area contributed by atoms with Crippen molar-refractivity contribution in [3.05, 3.63) is 28.7 Å². The summed E-state index contributed by atoms with van der Waals surface area (Å²) in [6, 6.07) is 9.34. The molecule has 1 aromatic rings. The Bertz CT molecular complexity index is 371. The Balaban J connectivity index is 2.46. The normalized spacial score (nSPS) is 9.14. The van der Waals surface area contributed by atoms with Gasteiger partial charge in [0, 0.05) is 10.2 Å². The maximum absolute atomic E-state index is 11.0. The van der Waals surface area contributed by atoms with Gasteiger partial charge in [0.15, 0.2) is 5.78 Å².